The second kappa shape index (κ2) is 6.21. The van der Waals surface area contributed by atoms with Crippen LogP contribution in [-0.2, 0) is 0 Å². The zero-order chi connectivity index (χ0) is 11.3. The van der Waals surface area contributed by atoms with Gasteiger partial charge in [-0.25, -0.2) is 0 Å². The van der Waals surface area contributed by atoms with Crippen molar-refractivity contribution in [2.24, 2.45) is 5.92 Å². The molecule has 0 radical (unpaired) electrons. The Morgan fingerprint density at radius 2 is 2.13 bits per heavy atom. The number of benzene rings is 1. The number of hydrogen-bond acceptors (Lipinski definition) is 2. The van der Waals surface area contributed by atoms with E-state index in [2.05, 4.69) is 12.2 Å². The summed E-state index contributed by atoms with van der Waals surface area (Å²) in [4.78, 5) is 0. The SMILES string of the molecule is CNCC(C)COc1cccc(Cl)c1Cl. The molecule has 15 heavy (non-hydrogen) atoms. The van der Waals surface area contributed by atoms with Crippen LogP contribution in [0.25, 0.3) is 0 Å². The van der Waals surface area contributed by atoms with Crippen molar-refractivity contribution in [1.82, 2.24) is 5.32 Å². The third-order valence-electron chi connectivity index (χ3n) is 1.99. The van der Waals surface area contributed by atoms with Crippen molar-refractivity contribution in [3.63, 3.8) is 0 Å². The lowest BCUT2D eigenvalue weighted by Gasteiger charge is -2.13. The van der Waals surface area contributed by atoms with Crippen LogP contribution in [0.1, 0.15) is 6.92 Å². The van der Waals surface area contributed by atoms with Gasteiger partial charge in [0.2, 0.25) is 0 Å². The molecule has 0 aliphatic carbocycles. The van der Waals surface area contributed by atoms with Gasteiger partial charge in [-0.2, -0.15) is 0 Å². The first-order chi connectivity index (χ1) is 7.15. The average Bonchev–Trinajstić information content (AvgIpc) is 2.21. The minimum Gasteiger partial charge on any atom is -0.492 e. The molecule has 1 aromatic carbocycles. The Kier molecular flexibility index (Phi) is 5.23. The summed E-state index contributed by atoms with van der Waals surface area (Å²) in [5.41, 5.74) is 0. The molecule has 0 saturated carbocycles. The Morgan fingerprint density at radius 1 is 1.40 bits per heavy atom. The van der Waals surface area contributed by atoms with E-state index in [4.69, 9.17) is 27.9 Å². The fourth-order valence-corrected chi connectivity index (χ4v) is 1.58. The van der Waals surface area contributed by atoms with Gasteiger partial charge >= 0.3 is 0 Å². The van der Waals surface area contributed by atoms with Crippen LogP contribution in [0.4, 0.5) is 0 Å². The highest BCUT2D eigenvalue weighted by molar-refractivity contribution is 6.42. The second-order valence-electron chi connectivity index (χ2n) is 3.53. The molecule has 0 aromatic heterocycles. The Bertz CT molecular complexity index is 317. The first kappa shape index (κ1) is 12.6. The zero-order valence-electron chi connectivity index (χ0n) is 8.89. The molecular weight excluding hydrogens is 233 g/mol. The molecule has 1 unspecified atom stereocenters. The molecule has 0 fully saturated rings. The molecule has 0 spiro atoms. The highest BCUT2D eigenvalue weighted by Crippen LogP contribution is 2.31. The molecule has 4 heteroatoms. The van der Waals surface area contributed by atoms with E-state index < -0.39 is 0 Å². The van der Waals surface area contributed by atoms with Crippen LogP contribution in [0.15, 0.2) is 18.2 Å². The molecule has 1 rings (SSSR count). The summed E-state index contributed by atoms with van der Waals surface area (Å²) in [5.74, 6) is 1.08. The average molecular weight is 248 g/mol. The molecule has 0 amide bonds. The van der Waals surface area contributed by atoms with Gasteiger partial charge in [0.25, 0.3) is 0 Å². The fraction of sp³-hybridized carbons (Fsp3) is 0.455. The van der Waals surface area contributed by atoms with Crippen molar-refractivity contribution in [3.05, 3.63) is 28.2 Å². The molecule has 0 aliphatic heterocycles. The third kappa shape index (κ3) is 3.90. The molecule has 84 valence electrons. The lowest BCUT2D eigenvalue weighted by atomic mass is 10.2. The summed E-state index contributed by atoms with van der Waals surface area (Å²) < 4.78 is 5.58. The van der Waals surface area contributed by atoms with Crippen molar-refractivity contribution in [2.45, 2.75) is 6.92 Å². The Labute approximate surface area is 101 Å². The standard InChI is InChI=1S/C11H15Cl2NO/c1-8(6-14-2)7-15-10-5-3-4-9(12)11(10)13/h3-5,8,14H,6-7H2,1-2H3. The molecule has 0 saturated heterocycles. The first-order valence-corrected chi connectivity index (χ1v) is 5.62. The van der Waals surface area contributed by atoms with Crippen molar-refractivity contribution >= 4 is 23.2 Å². The minimum absolute atomic E-state index is 0.435. The second-order valence-corrected chi connectivity index (χ2v) is 4.31. The highest BCUT2D eigenvalue weighted by atomic mass is 35.5. The van der Waals surface area contributed by atoms with Crippen LogP contribution in [0.3, 0.4) is 0 Å². The summed E-state index contributed by atoms with van der Waals surface area (Å²) in [5, 5.41) is 4.10. The van der Waals surface area contributed by atoms with Crippen molar-refractivity contribution in [2.75, 3.05) is 20.2 Å². The summed E-state index contributed by atoms with van der Waals surface area (Å²) in [6, 6.07) is 5.39. The van der Waals surface area contributed by atoms with E-state index >= 15 is 0 Å². The van der Waals surface area contributed by atoms with Gasteiger partial charge in [-0.1, -0.05) is 36.2 Å². The summed E-state index contributed by atoms with van der Waals surface area (Å²) in [6.07, 6.45) is 0. The van der Waals surface area contributed by atoms with Crippen molar-refractivity contribution in [1.29, 1.82) is 0 Å². The normalized spacial score (nSPS) is 12.5. The van der Waals surface area contributed by atoms with Gasteiger partial charge < -0.3 is 10.1 Å². The van der Waals surface area contributed by atoms with Gasteiger partial charge in [0.05, 0.1) is 11.6 Å². The Morgan fingerprint density at radius 3 is 2.80 bits per heavy atom. The molecule has 0 heterocycles. The predicted molar refractivity (Wildman–Crippen MR) is 65.0 cm³/mol. The molecule has 0 bridgehead atoms. The number of hydrogen-bond donors (Lipinski definition) is 1. The zero-order valence-corrected chi connectivity index (χ0v) is 10.4. The molecule has 0 aliphatic rings. The quantitative estimate of drug-likeness (QED) is 0.863. The van der Waals surface area contributed by atoms with E-state index in [1.807, 2.05) is 19.2 Å². The van der Waals surface area contributed by atoms with Crippen LogP contribution in [0.5, 0.6) is 5.75 Å². The van der Waals surface area contributed by atoms with Gasteiger partial charge in [0.15, 0.2) is 0 Å². The molecular formula is C11H15Cl2NO. The summed E-state index contributed by atoms with van der Waals surface area (Å²) in [7, 11) is 1.92. The molecule has 1 atom stereocenters. The van der Waals surface area contributed by atoms with Gasteiger partial charge in [-0.05, 0) is 19.2 Å². The number of rotatable bonds is 5. The van der Waals surface area contributed by atoms with E-state index in [0.29, 0.717) is 28.3 Å². The topological polar surface area (TPSA) is 21.3 Å². The first-order valence-electron chi connectivity index (χ1n) is 4.86. The highest BCUT2D eigenvalue weighted by Gasteiger charge is 2.07. The Balaban J connectivity index is 2.54. The van der Waals surface area contributed by atoms with Gasteiger partial charge in [-0.15, -0.1) is 0 Å². The molecule has 1 aromatic rings. The number of ether oxygens (including phenoxy) is 1. The van der Waals surface area contributed by atoms with Crippen LogP contribution in [0, 0.1) is 5.92 Å². The van der Waals surface area contributed by atoms with Crippen LogP contribution in [-0.4, -0.2) is 20.2 Å². The van der Waals surface area contributed by atoms with Crippen molar-refractivity contribution in [3.8, 4) is 5.75 Å². The molecule has 1 N–H and O–H groups in total. The minimum atomic E-state index is 0.435. The third-order valence-corrected chi connectivity index (χ3v) is 2.79. The maximum atomic E-state index is 5.98. The maximum Gasteiger partial charge on any atom is 0.139 e. The predicted octanol–water partition coefficient (Wildman–Crippen LogP) is 3.23. The number of halogens is 2. The van der Waals surface area contributed by atoms with Crippen LogP contribution < -0.4 is 10.1 Å². The maximum absolute atomic E-state index is 5.98. The monoisotopic (exact) mass is 247 g/mol. The van der Waals surface area contributed by atoms with E-state index in [9.17, 15) is 0 Å². The van der Waals surface area contributed by atoms with Gasteiger partial charge in [0.1, 0.15) is 10.8 Å². The van der Waals surface area contributed by atoms with Gasteiger partial charge in [0, 0.05) is 12.5 Å². The largest absolute Gasteiger partial charge is 0.492 e. The van der Waals surface area contributed by atoms with Crippen molar-refractivity contribution < 1.29 is 4.74 Å². The van der Waals surface area contributed by atoms with Crippen LogP contribution in [0.2, 0.25) is 10.0 Å². The van der Waals surface area contributed by atoms with E-state index in [1.54, 1.807) is 6.07 Å². The van der Waals surface area contributed by atoms with E-state index in [1.165, 1.54) is 0 Å². The number of nitrogens with one attached hydrogen (secondary N) is 1. The summed E-state index contributed by atoms with van der Waals surface area (Å²) in [6.45, 7) is 3.65. The van der Waals surface area contributed by atoms with Gasteiger partial charge in [-0.3, -0.25) is 0 Å². The smallest absolute Gasteiger partial charge is 0.139 e. The fourth-order valence-electron chi connectivity index (χ4n) is 1.23. The van der Waals surface area contributed by atoms with E-state index in [0.717, 1.165) is 6.54 Å². The lowest BCUT2D eigenvalue weighted by molar-refractivity contribution is 0.258. The lowest BCUT2D eigenvalue weighted by Crippen LogP contribution is -2.21. The van der Waals surface area contributed by atoms with E-state index in [-0.39, 0.29) is 0 Å². The molecule has 2 nitrogen and oxygen atoms in total. The summed E-state index contributed by atoms with van der Waals surface area (Å²) >= 11 is 11.8. The Hall–Kier alpha value is -0.440. The van der Waals surface area contributed by atoms with Crippen LogP contribution >= 0.6 is 23.2 Å².